The molecule has 0 amide bonds. The van der Waals surface area contributed by atoms with Crippen molar-refractivity contribution in [3.05, 3.63) is 59.7 Å². The lowest BCUT2D eigenvalue weighted by Crippen LogP contribution is -2.22. The van der Waals surface area contributed by atoms with E-state index in [1.54, 1.807) is 6.07 Å². The highest BCUT2D eigenvalue weighted by Gasteiger charge is 2.29. The molecule has 1 nitrogen and oxygen atoms in total. The fraction of sp³-hybridized carbons (Fsp3) is 0.600. The minimum atomic E-state index is -0.879. The zero-order valence-corrected chi connectivity index (χ0v) is 20.4. The minimum absolute atomic E-state index is 0.0299. The average Bonchev–Trinajstić information content (AvgIpc) is 2.86. The first-order chi connectivity index (χ1) is 16.1. The maximum atomic E-state index is 14.5. The van der Waals surface area contributed by atoms with Gasteiger partial charge in [-0.2, -0.15) is 4.39 Å². The molecule has 0 aliphatic heterocycles. The number of hydrogen-bond donors (Lipinski definition) is 0. The van der Waals surface area contributed by atoms with Crippen LogP contribution in [-0.2, 0) is 0 Å². The number of benzene rings is 1. The van der Waals surface area contributed by atoms with Gasteiger partial charge in [-0.3, -0.25) is 0 Å². The molecule has 0 spiro atoms. The van der Waals surface area contributed by atoms with E-state index in [4.69, 9.17) is 4.74 Å². The summed E-state index contributed by atoms with van der Waals surface area (Å²) in [6, 6.07) is 3.19. The van der Waals surface area contributed by atoms with E-state index in [-0.39, 0.29) is 5.75 Å². The first-order valence-corrected chi connectivity index (χ1v) is 13.1. The van der Waals surface area contributed by atoms with E-state index in [1.165, 1.54) is 64.5 Å². The van der Waals surface area contributed by atoms with Crippen LogP contribution in [-0.4, -0.2) is 7.11 Å². The summed E-state index contributed by atoms with van der Waals surface area (Å²) in [4.78, 5) is 0. The van der Waals surface area contributed by atoms with Gasteiger partial charge >= 0.3 is 0 Å². The van der Waals surface area contributed by atoms with E-state index < -0.39 is 11.6 Å². The third-order valence-electron chi connectivity index (χ3n) is 8.48. The van der Waals surface area contributed by atoms with Crippen molar-refractivity contribution >= 4 is 5.57 Å². The zero-order valence-electron chi connectivity index (χ0n) is 20.4. The lowest BCUT2D eigenvalue weighted by molar-refractivity contribution is 0.212. The number of methoxy groups -OCH3 is 1. The molecule has 0 saturated heterocycles. The van der Waals surface area contributed by atoms with E-state index in [0.717, 1.165) is 48.5 Å². The molecule has 33 heavy (non-hydrogen) atoms. The van der Waals surface area contributed by atoms with Gasteiger partial charge in [0.25, 0.3) is 0 Å². The largest absolute Gasteiger partial charge is 0.494 e. The molecule has 1 unspecified atom stereocenters. The Kier molecular flexibility index (Phi) is 8.44. The summed E-state index contributed by atoms with van der Waals surface area (Å²) in [7, 11) is 1.36. The number of hydrogen-bond acceptors (Lipinski definition) is 1. The normalized spacial score (nSPS) is 31.2. The van der Waals surface area contributed by atoms with Crippen molar-refractivity contribution in [1.82, 2.24) is 0 Å². The van der Waals surface area contributed by atoms with Crippen LogP contribution in [0.15, 0.2) is 42.5 Å². The second kappa shape index (κ2) is 11.5. The van der Waals surface area contributed by atoms with Crippen LogP contribution in [0.25, 0.3) is 5.57 Å². The highest BCUT2D eigenvalue weighted by molar-refractivity contribution is 5.67. The van der Waals surface area contributed by atoms with Gasteiger partial charge in [-0.25, -0.2) is 4.39 Å². The maximum Gasteiger partial charge on any atom is 0.201 e. The predicted octanol–water partition coefficient (Wildman–Crippen LogP) is 8.90. The van der Waals surface area contributed by atoms with Crippen LogP contribution in [0, 0.1) is 41.2 Å². The van der Waals surface area contributed by atoms with Crippen LogP contribution in [0.3, 0.4) is 0 Å². The van der Waals surface area contributed by atoms with Crippen LogP contribution in [0.1, 0.15) is 83.1 Å². The van der Waals surface area contributed by atoms with Crippen molar-refractivity contribution in [2.75, 3.05) is 7.11 Å². The van der Waals surface area contributed by atoms with Crippen LogP contribution in [0.5, 0.6) is 5.75 Å². The molecule has 0 N–H and O–H groups in total. The van der Waals surface area contributed by atoms with Crippen molar-refractivity contribution in [3.63, 3.8) is 0 Å². The van der Waals surface area contributed by atoms with Gasteiger partial charge in [-0.05, 0) is 125 Å². The second-order valence-electron chi connectivity index (χ2n) is 10.5. The highest BCUT2D eigenvalue weighted by Crippen LogP contribution is 2.42. The third-order valence-corrected chi connectivity index (χ3v) is 8.48. The van der Waals surface area contributed by atoms with Crippen LogP contribution in [0.2, 0.25) is 0 Å². The van der Waals surface area contributed by atoms with Crippen LogP contribution >= 0.6 is 0 Å². The van der Waals surface area contributed by atoms with E-state index >= 15 is 0 Å². The van der Waals surface area contributed by atoms with E-state index in [2.05, 4.69) is 37.3 Å². The topological polar surface area (TPSA) is 9.23 Å². The van der Waals surface area contributed by atoms with Gasteiger partial charge in [0.2, 0.25) is 5.82 Å². The Hall–Kier alpha value is -1.90. The van der Waals surface area contributed by atoms with Gasteiger partial charge in [0.05, 0.1) is 7.11 Å². The summed E-state index contributed by atoms with van der Waals surface area (Å²) in [5, 5.41) is 0. The SMILES string of the molecule is C/C=C/C1CCC(/C=C/C2CCC(C3CC=C(c4ccc(OC)c(F)c4F)CC3)CC2)CC1. The summed E-state index contributed by atoms with van der Waals surface area (Å²) < 4.78 is 33.5. The number of rotatable bonds is 6. The molecule has 2 fully saturated rings. The van der Waals surface area contributed by atoms with Gasteiger partial charge in [0, 0.05) is 5.56 Å². The molecule has 0 bridgehead atoms. The lowest BCUT2D eigenvalue weighted by Gasteiger charge is -2.35. The molecule has 0 radical (unpaired) electrons. The zero-order chi connectivity index (χ0) is 23.2. The first-order valence-electron chi connectivity index (χ1n) is 13.1. The van der Waals surface area contributed by atoms with Crippen molar-refractivity contribution in [2.45, 2.75) is 77.6 Å². The van der Waals surface area contributed by atoms with Crippen molar-refractivity contribution in [3.8, 4) is 5.75 Å². The van der Waals surface area contributed by atoms with Gasteiger partial charge < -0.3 is 4.74 Å². The van der Waals surface area contributed by atoms with Gasteiger partial charge in [-0.1, -0.05) is 30.4 Å². The smallest absolute Gasteiger partial charge is 0.201 e. The monoisotopic (exact) mass is 454 g/mol. The minimum Gasteiger partial charge on any atom is -0.494 e. The molecule has 0 aromatic heterocycles. The Morgan fingerprint density at radius 1 is 0.758 bits per heavy atom. The first kappa shape index (κ1) is 24.2. The van der Waals surface area contributed by atoms with Crippen molar-refractivity contribution in [2.24, 2.45) is 29.6 Å². The van der Waals surface area contributed by atoms with Gasteiger partial charge in [0.15, 0.2) is 11.6 Å². The average molecular weight is 455 g/mol. The molecular weight excluding hydrogens is 414 g/mol. The third kappa shape index (κ3) is 5.97. The molecule has 1 aromatic carbocycles. The number of ether oxygens (including phenoxy) is 1. The molecule has 3 aliphatic carbocycles. The van der Waals surface area contributed by atoms with Crippen molar-refractivity contribution in [1.29, 1.82) is 0 Å². The molecule has 4 rings (SSSR count). The fourth-order valence-corrected chi connectivity index (χ4v) is 6.39. The lowest BCUT2D eigenvalue weighted by atomic mass is 9.70. The van der Waals surface area contributed by atoms with Crippen LogP contribution < -0.4 is 4.74 Å². The summed E-state index contributed by atoms with van der Waals surface area (Å²) in [5.74, 6) is 2.12. The highest BCUT2D eigenvalue weighted by atomic mass is 19.2. The molecular formula is C30H40F2O. The maximum absolute atomic E-state index is 14.5. The predicted molar refractivity (Wildman–Crippen MR) is 133 cm³/mol. The standard InChI is InChI=1S/C30H40F2O/c1-3-4-21-5-7-22(8-6-21)9-10-23-11-13-24(14-12-23)25-15-17-26(18-16-25)27-19-20-28(33-2)30(32)29(27)31/h3-4,9-10,17,19-25H,5-8,11-16,18H2,1-2H3/b4-3+,10-9+. The van der Waals surface area contributed by atoms with Gasteiger partial charge in [-0.15, -0.1) is 0 Å². The quantitative estimate of drug-likeness (QED) is 0.390. The Balaban J connectivity index is 1.24. The van der Waals surface area contributed by atoms with E-state index in [9.17, 15) is 8.78 Å². The molecule has 3 aliphatic rings. The van der Waals surface area contributed by atoms with Crippen LogP contribution in [0.4, 0.5) is 8.78 Å². The fourth-order valence-electron chi connectivity index (χ4n) is 6.39. The molecule has 2 saturated carbocycles. The van der Waals surface area contributed by atoms with Gasteiger partial charge in [0.1, 0.15) is 0 Å². The molecule has 180 valence electrons. The Morgan fingerprint density at radius 3 is 1.91 bits per heavy atom. The second-order valence-corrected chi connectivity index (χ2v) is 10.5. The van der Waals surface area contributed by atoms with E-state index in [1.807, 2.05) is 0 Å². The Bertz CT molecular complexity index is 868. The molecule has 0 heterocycles. The summed E-state index contributed by atoms with van der Waals surface area (Å²) in [5.41, 5.74) is 1.35. The molecule has 1 aromatic rings. The molecule has 1 atom stereocenters. The number of allylic oxidation sites excluding steroid dienone is 6. The number of halogens is 2. The Labute approximate surface area is 199 Å². The Morgan fingerprint density at radius 2 is 1.36 bits per heavy atom. The van der Waals surface area contributed by atoms with E-state index in [0.29, 0.717) is 11.5 Å². The van der Waals surface area contributed by atoms with Crippen molar-refractivity contribution < 1.29 is 13.5 Å². The summed E-state index contributed by atoms with van der Waals surface area (Å²) >= 11 is 0. The summed E-state index contributed by atoms with van der Waals surface area (Å²) in [6.07, 6.45) is 25.3. The molecule has 3 heteroatoms. The summed E-state index contributed by atoms with van der Waals surface area (Å²) in [6.45, 7) is 2.13.